The van der Waals surface area contributed by atoms with Crippen molar-refractivity contribution in [3.8, 4) is 0 Å². The maximum Gasteiger partial charge on any atom is 0.144 e. The maximum absolute atomic E-state index is 6.13. The van der Waals surface area contributed by atoms with Crippen molar-refractivity contribution in [3.63, 3.8) is 0 Å². The number of anilines is 1. The minimum atomic E-state index is 0.119. The Morgan fingerprint density at radius 1 is 1.33 bits per heavy atom. The summed E-state index contributed by atoms with van der Waals surface area (Å²) in [6, 6.07) is 0. The van der Waals surface area contributed by atoms with Gasteiger partial charge in [-0.3, -0.25) is 4.98 Å². The van der Waals surface area contributed by atoms with Gasteiger partial charge in [0.25, 0.3) is 0 Å². The van der Waals surface area contributed by atoms with Crippen LogP contribution in [0, 0.1) is 19.8 Å². The summed E-state index contributed by atoms with van der Waals surface area (Å²) in [6.07, 6.45) is 1.74. The molecular formula is C11H18ClN3. The van der Waals surface area contributed by atoms with Crippen LogP contribution in [0.5, 0.6) is 0 Å². The van der Waals surface area contributed by atoms with E-state index in [1.54, 1.807) is 6.20 Å². The number of aromatic nitrogens is 2. The Morgan fingerprint density at radius 3 is 2.53 bits per heavy atom. The Bertz CT molecular complexity index is 326. The van der Waals surface area contributed by atoms with Crippen molar-refractivity contribution in [1.29, 1.82) is 0 Å². The SMILES string of the molecule is Cc1ncc(NCC(Cl)C(C)C)nc1C. The van der Waals surface area contributed by atoms with E-state index in [1.165, 1.54) is 0 Å². The summed E-state index contributed by atoms with van der Waals surface area (Å²) in [4.78, 5) is 8.61. The number of alkyl halides is 1. The smallest absolute Gasteiger partial charge is 0.144 e. The molecule has 3 nitrogen and oxygen atoms in total. The van der Waals surface area contributed by atoms with Gasteiger partial charge in [-0.25, -0.2) is 4.98 Å². The number of nitrogens with zero attached hydrogens (tertiary/aromatic N) is 2. The average Bonchev–Trinajstić information content (AvgIpc) is 2.19. The second kappa shape index (κ2) is 5.31. The van der Waals surface area contributed by atoms with E-state index >= 15 is 0 Å². The molecule has 0 saturated heterocycles. The van der Waals surface area contributed by atoms with E-state index in [4.69, 9.17) is 11.6 Å². The fourth-order valence-electron chi connectivity index (χ4n) is 1.06. The lowest BCUT2D eigenvalue weighted by molar-refractivity contribution is 0.615. The average molecular weight is 228 g/mol. The monoisotopic (exact) mass is 227 g/mol. The van der Waals surface area contributed by atoms with Crippen molar-refractivity contribution in [2.24, 2.45) is 5.92 Å². The first kappa shape index (κ1) is 12.2. The summed E-state index contributed by atoms with van der Waals surface area (Å²) in [5, 5.41) is 3.31. The van der Waals surface area contributed by atoms with Crippen LogP contribution in [-0.2, 0) is 0 Å². The van der Waals surface area contributed by atoms with Gasteiger partial charge < -0.3 is 5.32 Å². The molecule has 0 aliphatic carbocycles. The molecule has 0 spiro atoms. The minimum Gasteiger partial charge on any atom is -0.367 e. The zero-order valence-corrected chi connectivity index (χ0v) is 10.5. The Balaban J connectivity index is 2.55. The highest BCUT2D eigenvalue weighted by Gasteiger charge is 2.09. The first-order valence-electron chi connectivity index (χ1n) is 5.19. The van der Waals surface area contributed by atoms with E-state index in [0.29, 0.717) is 5.92 Å². The van der Waals surface area contributed by atoms with E-state index in [9.17, 15) is 0 Å². The molecule has 4 heteroatoms. The van der Waals surface area contributed by atoms with Crippen LogP contribution in [0.1, 0.15) is 25.2 Å². The lowest BCUT2D eigenvalue weighted by Crippen LogP contribution is -2.20. The second-order valence-corrected chi connectivity index (χ2v) is 4.63. The molecule has 0 aliphatic rings. The predicted molar refractivity (Wildman–Crippen MR) is 64.5 cm³/mol. The van der Waals surface area contributed by atoms with E-state index in [0.717, 1.165) is 23.8 Å². The first-order valence-corrected chi connectivity index (χ1v) is 5.62. The molecule has 0 radical (unpaired) electrons. The number of halogens is 1. The molecule has 1 N–H and O–H groups in total. The molecule has 1 unspecified atom stereocenters. The summed E-state index contributed by atoms with van der Waals surface area (Å²) in [5.41, 5.74) is 1.92. The number of hydrogen-bond donors (Lipinski definition) is 1. The number of nitrogens with one attached hydrogen (secondary N) is 1. The minimum absolute atomic E-state index is 0.119. The van der Waals surface area contributed by atoms with Gasteiger partial charge in [0.2, 0.25) is 0 Å². The van der Waals surface area contributed by atoms with Gasteiger partial charge in [0, 0.05) is 6.54 Å². The molecule has 0 fully saturated rings. The zero-order chi connectivity index (χ0) is 11.4. The number of rotatable bonds is 4. The van der Waals surface area contributed by atoms with Crippen molar-refractivity contribution in [2.45, 2.75) is 33.1 Å². The van der Waals surface area contributed by atoms with E-state index in [2.05, 4.69) is 29.1 Å². The van der Waals surface area contributed by atoms with Crippen molar-refractivity contribution < 1.29 is 0 Å². The fraction of sp³-hybridized carbons (Fsp3) is 0.636. The molecule has 0 bridgehead atoms. The summed E-state index contributed by atoms with van der Waals surface area (Å²) < 4.78 is 0. The molecule has 1 aromatic heterocycles. The molecule has 15 heavy (non-hydrogen) atoms. The van der Waals surface area contributed by atoms with Crippen LogP contribution in [0.4, 0.5) is 5.82 Å². The van der Waals surface area contributed by atoms with Crippen LogP contribution in [-0.4, -0.2) is 21.9 Å². The third kappa shape index (κ3) is 3.67. The van der Waals surface area contributed by atoms with Crippen molar-refractivity contribution in [3.05, 3.63) is 17.6 Å². The van der Waals surface area contributed by atoms with Crippen LogP contribution < -0.4 is 5.32 Å². The van der Waals surface area contributed by atoms with E-state index in [-0.39, 0.29) is 5.38 Å². The van der Waals surface area contributed by atoms with Gasteiger partial charge in [-0.2, -0.15) is 0 Å². The summed E-state index contributed by atoms with van der Waals surface area (Å²) in [7, 11) is 0. The molecular weight excluding hydrogens is 210 g/mol. The van der Waals surface area contributed by atoms with Crippen LogP contribution in [0.15, 0.2) is 6.20 Å². The van der Waals surface area contributed by atoms with Gasteiger partial charge in [0.05, 0.1) is 23.0 Å². The standard InChI is InChI=1S/C11H18ClN3/c1-7(2)10(12)5-14-11-6-13-8(3)9(4)15-11/h6-7,10H,5H2,1-4H3,(H,14,15). The molecule has 0 aliphatic heterocycles. The Morgan fingerprint density at radius 2 is 2.00 bits per heavy atom. The zero-order valence-electron chi connectivity index (χ0n) is 9.71. The molecule has 0 amide bonds. The predicted octanol–water partition coefficient (Wildman–Crippen LogP) is 2.77. The summed E-state index contributed by atoms with van der Waals surface area (Å²) in [6.45, 7) is 8.83. The number of hydrogen-bond acceptors (Lipinski definition) is 3. The highest BCUT2D eigenvalue weighted by atomic mass is 35.5. The van der Waals surface area contributed by atoms with Gasteiger partial charge in [-0.1, -0.05) is 13.8 Å². The molecule has 1 aromatic rings. The summed E-state index contributed by atoms with van der Waals surface area (Å²) >= 11 is 6.13. The van der Waals surface area contributed by atoms with Gasteiger partial charge in [0.15, 0.2) is 0 Å². The van der Waals surface area contributed by atoms with Crippen LogP contribution in [0.2, 0.25) is 0 Å². The molecule has 1 heterocycles. The van der Waals surface area contributed by atoms with Crippen LogP contribution in [0.25, 0.3) is 0 Å². The lowest BCUT2D eigenvalue weighted by atomic mass is 10.1. The van der Waals surface area contributed by atoms with E-state index < -0.39 is 0 Å². The first-order chi connectivity index (χ1) is 7.00. The van der Waals surface area contributed by atoms with Crippen LogP contribution >= 0.6 is 11.6 Å². The maximum atomic E-state index is 6.13. The highest BCUT2D eigenvalue weighted by molar-refractivity contribution is 6.21. The topological polar surface area (TPSA) is 37.8 Å². The third-order valence-corrected chi connectivity index (χ3v) is 3.05. The Labute approximate surface area is 96.3 Å². The van der Waals surface area contributed by atoms with Gasteiger partial charge >= 0.3 is 0 Å². The highest BCUT2D eigenvalue weighted by Crippen LogP contribution is 2.11. The quantitative estimate of drug-likeness (QED) is 0.804. The Kier molecular flexibility index (Phi) is 4.33. The van der Waals surface area contributed by atoms with Gasteiger partial charge in [-0.05, 0) is 19.8 Å². The normalized spacial score (nSPS) is 12.9. The largest absolute Gasteiger partial charge is 0.367 e. The molecule has 0 saturated carbocycles. The lowest BCUT2D eigenvalue weighted by Gasteiger charge is -2.14. The molecule has 84 valence electrons. The molecule has 0 aromatic carbocycles. The van der Waals surface area contributed by atoms with Crippen molar-refractivity contribution >= 4 is 17.4 Å². The van der Waals surface area contributed by atoms with Gasteiger partial charge in [0.1, 0.15) is 5.82 Å². The second-order valence-electron chi connectivity index (χ2n) is 4.07. The molecule has 1 atom stereocenters. The van der Waals surface area contributed by atoms with Gasteiger partial charge in [-0.15, -0.1) is 11.6 Å². The van der Waals surface area contributed by atoms with Crippen LogP contribution in [0.3, 0.4) is 0 Å². The summed E-state index contributed by atoms with van der Waals surface area (Å²) in [5.74, 6) is 1.25. The Hall–Kier alpha value is -0.830. The molecule has 1 rings (SSSR count). The fourth-order valence-corrected chi connectivity index (χ4v) is 1.14. The third-order valence-electron chi connectivity index (χ3n) is 2.39. The van der Waals surface area contributed by atoms with Crippen molar-refractivity contribution in [2.75, 3.05) is 11.9 Å². The number of aryl methyl sites for hydroxylation is 2. The van der Waals surface area contributed by atoms with Crippen molar-refractivity contribution in [1.82, 2.24) is 9.97 Å². The van der Waals surface area contributed by atoms with E-state index in [1.807, 2.05) is 13.8 Å².